The van der Waals surface area contributed by atoms with Gasteiger partial charge in [-0.25, -0.2) is 9.37 Å². The lowest BCUT2D eigenvalue weighted by atomic mass is 10.1. The highest BCUT2D eigenvalue weighted by Crippen LogP contribution is 2.20. The molecule has 1 heterocycles. The predicted molar refractivity (Wildman–Crippen MR) is 74.0 cm³/mol. The van der Waals surface area contributed by atoms with Crippen LogP contribution in [0.3, 0.4) is 0 Å². The van der Waals surface area contributed by atoms with Crippen molar-refractivity contribution in [3.63, 3.8) is 0 Å². The van der Waals surface area contributed by atoms with E-state index in [1.54, 1.807) is 18.3 Å². The number of halogens is 1. The van der Waals surface area contributed by atoms with Gasteiger partial charge in [-0.15, -0.1) is 0 Å². The molecule has 0 spiro atoms. The number of nitrogens with one attached hydrogen (secondary N) is 1. The van der Waals surface area contributed by atoms with Crippen LogP contribution in [0.1, 0.15) is 12.5 Å². The summed E-state index contributed by atoms with van der Waals surface area (Å²) in [6.45, 7) is 3.13. The number of anilines is 1. The summed E-state index contributed by atoms with van der Waals surface area (Å²) < 4.78 is 18.9. The summed E-state index contributed by atoms with van der Waals surface area (Å²) in [5.74, 6) is 1.24. The minimum atomic E-state index is -0.171. The summed E-state index contributed by atoms with van der Waals surface area (Å²) in [6.07, 6.45) is 2.31. The van der Waals surface area contributed by atoms with Crippen molar-refractivity contribution in [2.24, 2.45) is 0 Å². The van der Waals surface area contributed by atoms with Crippen LogP contribution in [0.4, 0.5) is 10.2 Å². The third-order valence-electron chi connectivity index (χ3n) is 2.72. The Bertz CT molecular complexity index is 531. The maximum absolute atomic E-state index is 13.4. The first-order valence-electron chi connectivity index (χ1n) is 6.36. The third-order valence-corrected chi connectivity index (χ3v) is 2.72. The van der Waals surface area contributed by atoms with E-state index in [0.717, 1.165) is 5.75 Å². The van der Waals surface area contributed by atoms with Crippen LogP contribution >= 0.6 is 0 Å². The molecule has 0 bridgehead atoms. The number of benzene rings is 1. The highest BCUT2D eigenvalue weighted by atomic mass is 19.1. The van der Waals surface area contributed by atoms with Crippen LogP contribution in [-0.2, 0) is 6.42 Å². The Hall–Kier alpha value is -2.10. The molecule has 1 N–H and O–H groups in total. The van der Waals surface area contributed by atoms with Crippen molar-refractivity contribution >= 4 is 5.82 Å². The molecule has 1 aromatic carbocycles. The Labute approximate surface area is 112 Å². The number of ether oxygens (including phenoxy) is 1. The molecule has 0 unspecified atom stereocenters. The summed E-state index contributed by atoms with van der Waals surface area (Å²) in [7, 11) is 0. The van der Waals surface area contributed by atoms with E-state index in [1.807, 2.05) is 25.1 Å². The van der Waals surface area contributed by atoms with Gasteiger partial charge in [-0.3, -0.25) is 0 Å². The van der Waals surface area contributed by atoms with Gasteiger partial charge in [-0.05, 0) is 37.1 Å². The molecule has 0 saturated carbocycles. The highest BCUT2D eigenvalue weighted by Gasteiger charge is 2.04. The molecule has 4 heteroatoms. The minimum absolute atomic E-state index is 0.171. The molecule has 0 atom stereocenters. The van der Waals surface area contributed by atoms with E-state index in [4.69, 9.17) is 4.74 Å². The van der Waals surface area contributed by atoms with Crippen molar-refractivity contribution in [2.75, 3.05) is 18.5 Å². The molecule has 0 saturated heterocycles. The second kappa shape index (κ2) is 6.73. The minimum Gasteiger partial charge on any atom is -0.490 e. The zero-order valence-corrected chi connectivity index (χ0v) is 10.9. The van der Waals surface area contributed by atoms with Crippen LogP contribution in [-0.4, -0.2) is 18.1 Å². The van der Waals surface area contributed by atoms with Crippen LogP contribution in [0.5, 0.6) is 5.75 Å². The van der Waals surface area contributed by atoms with Crippen molar-refractivity contribution in [3.8, 4) is 5.75 Å². The molecule has 3 nitrogen and oxygen atoms in total. The lowest BCUT2D eigenvalue weighted by Gasteiger charge is -2.11. The summed E-state index contributed by atoms with van der Waals surface area (Å²) in [5, 5.41) is 3.17. The van der Waals surface area contributed by atoms with E-state index in [2.05, 4.69) is 10.3 Å². The fourth-order valence-corrected chi connectivity index (χ4v) is 1.81. The molecule has 0 fully saturated rings. The zero-order chi connectivity index (χ0) is 13.5. The lowest BCUT2D eigenvalue weighted by Crippen LogP contribution is -2.09. The summed E-state index contributed by atoms with van der Waals surface area (Å²) >= 11 is 0. The van der Waals surface area contributed by atoms with Crippen molar-refractivity contribution < 1.29 is 9.13 Å². The maximum Gasteiger partial charge on any atom is 0.168 e. The van der Waals surface area contributed by atoms with Crippen LogP contribution in [0.2, 0.25) is 0 Å². The lowest BCUT2D eigenvalue weighted by molar-refractivity contribution is 0.340. The predicted octanol–water partition coefficient (Wildman–Crippen LogP) is 3.27. The topological polar surface area (TPSA) is 34.1 Å². The smallest absolute Gasteiger partial charge is 0.168 e. The molecular weight excluding hydrogens is 243 g/mol. The van der Waals surface area contributed by atoms with E-state index in [1.165, 1.54) is 6.07 Å². The molecule has 1 aromatic heterocycles. The molecule has 0 aliphatic heterocycles. The highest BCUT2D eigenvalue weighted by molar-refractivity contribution is 5.49. The van der Waals surface area contributed by atoms with Crippen LogP contribution in [0.15, 0.2) is 42.6 Å². The average Bonchev–Trinajstić information content (AvgIpc) is 2.43. The van der Waals surface area contributed by atoms with Gasteiger partial charge in [0.05, 0.1) is 6.61 Å². The van der Waals surface area contributed by atoms with E-state index >= 15 is 0 Å². The summed E-state index contributed by atoms with van der Waals surface area (Å²) in [6, 6.07) is 10.5. The van der Waals surface area contributed by atoms with Crippen LogP contribution < -0.4 is 10.1 Å². The monoisotopic (exact) mass is 260 g/mol. The summed E-state index contributed by atoms with van der Waals surface area (Å²) in [5.41, 5.74) is 0.698. The molecular formula is C15H17FN2O. The standard InChI is InChI=1S/C15H17FN2O/c1-2-19-14-8-5-10-17-15(14)18-11-9-12-6-3-4-7-13(12)16/h3-8,10H,2,9,11H2,1H3,(H,17,18). The van der Waals surface area contributed by atoms with E-state index in [-0.39, 0.29) is 5.82 Å². The Morgan fingerprint density at radius 1 is 1.21 bits per heavy atom. The molecule has 0 amide bonds. The number of hydrogen-bond donors (Lipinski definition) is 1. The number of pyridine rings is 1. The van der Waals surface area contributed by atoms with Gasteiger partial charge in [0.2, 0.25) is 0 Å². The zero-order valence-electron chi connectivity index (χ0n) is 10.9. The largest absolute Gasteiger partial charge is 0.490 e. The summed E-state index contributed by atoms with van der Waals surface area (Å²) in [4.78, 5) is 4.22. The normalized spacial score (nSPS) is 10.2. The van der Waals surface area contributed by atoms with E-state index in [0.29, 0.717) is 31.0 Å². The Morgan fingerprint density at radius 2 is 2.05 bits per heavy atom. The molecule has 0 aliphatic rings. The molecule has 2 rings (SSSR count). The molecule has 0 radical (unpaired) electrons. The van der Waals surface area contributed by atoms with Crippen molar-refractivity contribution in [1.29, 1.82) is 0 Å². The van der Waals surface area contributed by atoms with Gasteiger partial charge in [0.1, 0.15) is 5.82 Å². The molecule has 100 valence electrons. The Kier molecular flexibility index (Phi) is 4.72. The van der Waals surface area contributed by atoms with Gasteiger partial charge in [0.25, 0.3) is 0 Å². The van der Waals surface area contributed by atoms with Gasteiger partial charge < -0.3 is 10.1 Å². The van der Waals surface area contributed by atoms with Crippen LogP contribution in [0.25, 0.3) is 0 Å². The van der Waals surface area contributed by atoms with Crippen molar-refractivity contribution in [2.45, 2.75) is 13.3 Å². The second-order valence-electron chi connectivity index (χ2n) is 4.05. The van der Waals surface area contributed by atoms with Crippen LogP contribution in [0, 0.1) is 5.82 Å². The SMILES string of the molecule is CCOc1cccnc1NCCc1ccccc1F. The second-order valence-corrected chi connectivity index (χ2v) is 4.05. The molecule has 0 aliphatic carbocycles. The van der Waals surface area contributed by atoms with Gasteiger partial charge in [0.15, 0.2) is 11.6 Å². The van der Waals surface area contributed by atoms with E-state index in [9.17, 15) is 4.39 Å². The fraction of sp³-hybridized carbons (Fsp3) is 0.267. The van der Waals surface area contributed by atoms with Gasteiger partial charge in [-0.2, -0.15) is 0 Å². The van der Waals surface area contributed by atoms with E-state index < -0.39 is 0 Å². The van der Waals surface area contributed by atoms with Crippen molar-refractivity contribution in [3.05, 3.63) is 54.0 Å². The number of nitrogens with zero attached hydrogens (tertiary/aromatic N) is 1. The number of aromatic nitrogens is 1. The number of rotatable bonds is 6. The first-order valence-corrected chi connectivity index (χ1v) is 6.36. The van der Waals surface area contributed by atoms with Gasteiger partial charge in [-0.1, -0.05) is 18.2 Å². The quantitative estimate of drug-likeness (QED) is 0.865. The molecule has 19 heavy (non-hydrogen) atoms. The Morgan fingerprint density at radius 3 is 2.84 bits per heavy atom. The van der Waals surface area contributed by atoms with Gasteiger partial charge in [0, 0.05) is 12.7 Å². The third kappa shape index (κ3) is 3.68. The van der Waals surface area contributed by atoms with Gasteiger partial charge >= 0.3 is 0 Å². The first kappa shape index (κ1) is 13.3. The Balaban J connectivity index is 1.94. The van der Waals surface area contributed by atoms with Crippen molar-refractivity contribution in [1.82, 2.24) is 4.98 Å². The fourth-order valence-electron chi connectivity index (χ4n) is 1.81. The first-order chi connectivity index (χ1) is 9.31. The molecule has 2 aromatic rings. The average molecular weight is 260 g/mol. The maximum atomic E-state index is 13.4. The number of hydrogen-bond acceptors (Lipinski definition) is 3.